The monoisotopic (exact) mass is 341 g/mol. The fraction of sp³-hybridized carbons (Fsp3) is 0.263. The van der Waals surface area contributed by atoms with Crippen molar-refractivity contribution in [2.24, 2.45) is 0 Å². The molecule has 0 atom stereocenters. The molecule has 0 fully saturated rings. The number of rotatable bonds is 6. The zero-order valence-corrected chi connectivity index (χ0v) is 14.7. The number of carbonyl (C=O) groups excluding carboxylic acids is 2. The van der Waals surface area contributed by atoms with E-state index in [-0.39, 0.29) is 24.9 Å². The van der Waals surface area contributed by atoms with Crippen LogP contribution in [-0.2, 0) is 4.79 Å². The van der Waals surface area contributed by atoms with Gasteiger partial charge in [0, 0.05) is 24.3 Å². The highest BCUT2D eigenvalue weighted by molar-refractivity contribution is 5.93. The zero-order chi connectivity index (χ0) is 18.2. The first kappa shape index (κ1) is 18.3. The molecule has 0 aromatic heterocycles. The number of urea groups is 1. The van der Waals surface area contributed by atoms with Crippen LogP contribution in [0, 0.1) is 13.8 Å². The highest BCUT2D eigenvalue weighted by atomic mass is 16.5. The highest BCUT2D eigenvalue weighted by Crippen LogP contribution is 2.16. The fourth-order valence-corrected chi connectivity index (χ4v) is 2.22. The summed E-state index contributed by atoms with van der Waals surface area (Å²) in [5.74, 6) is 0.576. The molecule has 0 heterocycles. The van der Waals surface area contributed by atoms with Crippen molar-refractivity contribution in [3.8, 4) is 5.75 Å². The lowest BCUT2D eigenvalue weighted by Crippen LogP contribution is -2.31. The Balaban J connectivity index is 1.74. The molecule has 2 rings (SSSR count). The summed E-state index contributed by atoms with van der Waals surface area (Å²) < 4.78 is 5.06. The lowest BCUT2D eigenvalue weighted by molar-refractivity contribution is -0.116. The molecule has 0 spiro atoms. The van der Waals surface area contributed by atoms with E-state index in [1.807, 2.05) is 32.0 Å². The van der Waals surface area contributed by atoms with E-state index in [0.29, 0.717) is 11.4 Å². The zero-order valence-electron chi connectivity index (χ0n) is 14.7. The largest absolute Gasteiger partial charge is 0.497 e. The van der Waals surface area contributed by atoms with Crippen molar-refractivity contribution < 1.29 is 14.3 Å². The van der Waals surface area contributed by atoms with Crippen molar-refractivity contribution in [2.75, 3.05) is 24.3 Å². The van der Waals surface area contributed by atoms with Crippen molar-refractivity contribution in [1.82, 2.24) is 5.32 Å². The van der Waals surface area contributed by atoms with Gasteiger partial charge in [-0.25, -0.2) is 4.79 Å². The Bertz CT molecular complexity index is 742. The minimum absolute atomic E-state index is 0.140. The Morgan fingerprint density at radius 3 is 2.40 bits per heavy atom. The number of methoxy groups -OCH3 is 1. The van der Waals surface area contributed by atoms with Gasteiger partial charge in [-0.05, 0) is 55.3 Å². The van der Waals surface area contributed by atoms with Crippen molar-refractivity contribution in [3.05, 3.63) is 53.6 Å². The summed E-state index contributed by atoms with van der Waals surface area (Å²) in [7, 11) is 1.58. The third-order valence-electron chi connectivity index (χ3n) is 3.65. The number of ether oxygens (including phenoxy) is 1. The predicted molar refractivity (Wildman–Crippen MR) is 99.2 cm³/mol. The van der Waals surface area contributed by atoms with Gasteiger partial charge < -0.3 is 20.7 Å². The number of amides is 3. The van der Waals surface area contributed by atoms with Crippen LogP contribution in [0.5, 0.6) is 5.75 Å². The number of hydrogen-bond donors (Lipinski definition) is 3. The lowest BCUT2D eigenvalue weighted by Gasteiger charge is -2.10. The van der Waals surface area contributed by atoms with Crippen LogP contribution in [0.1, 0.15) is 17.5 Å². The van der Waals surface area contributed by atoms with Crippen LogP contribution in [0.4, 0.5) is 16.2 Å². The second-order valence-electron chi connectivity index (χ2n) is 5.73. The molecule has 0 bridgehead atoms. The summed E-state index contributed by atoms with van der Waals surface area (Å²) in [6.07, 6.45) is 0.198. The summed E-state index contributed by atoms with van der Waals surface area (Å²) in [5.41, 5.74) is 3.54. The van der Waals surface area contributed by atoms with Crippen LogP contribution in [0.25, 0.3) is 0 Å². The topological polar surface area (TPSA) is 79.5 Å². The molecule has 6 nitrogen and oxygen atoms in total. The molecular weight excluding hydrogens is 318 g/mol. The van der Waals surface area contributed by atoms with E-state index in [1.54, 1.807) is 31.4 Å². The van der Waals surface area contributed by atoms with Crippen molar-refractivity contribution in [1.29, 1.82) is 0 Å². The maximum absolute atomic E-state index is 12.0. The lowest BCUT2D eigenvalue weighted by atomic mass is 10.1. The van der Waals surface area contributed by atoms with Gasteiger partial charge in [0.2, 0.25) is 5.91 Å². The van der Waals surface area contributed by atoms with Gasteiger partial charge in [-0.2, -0.15) is 0 Å². The molecule has 2 aromatic carbocycles. The number of aryl methyl sites for hydroxylation is 2. The van der Waals surface area contributed by atoms with E-state index in [1.165, 1.54) is 0 Å². The first-order valence-electron chi connectivity index (χ1n) is 8.04. The van der Waals surface area contributed by atoms with Crippen LogP contribution in [0.2, 0.25) is 0 Å². The molecule has 3 N–H and O–H groups in total. The van der Waals surface area contributed by atoms with Crippen LogP contribution in [0.15, 0.2) is 42.5 Å². The maximum atomic E-state index is 12.0. The van der Waals surface area contributed by atoms with Crippen LogP contribution < -0.4 is 20.7 Å². The van der Waals surface area contributed by atoms with Gasteiger partial charge in [0.05, 0.1) is 7.11 Å². The van der Waals surface area contributed by atoms with E-state index >= 15 is 0 Å². The quantitative estimate of drug-likeness (QED) is 0.753. The van der Waals surface area contributed by atoms with Crippen LogP contribution in [0.3, 0.4) is 0 Å². The van der Waals surface area contributed by atoms with Gasteiger partial charge in [0.1, 0.15) is 5.75 Å². The van der Waals surface area contributed by atoms with Crippen LogP contribution in [-0.4, -0.2) is 25.6 Å². The Morgan fingerprint density at radius 1 is 1.00 bits per heavy atom. The standard InChI is InChI=1S/C19H23N3O3/c1-13-4-5-14(2)17(12-13)22-18(23)10-11-20-19(24)21-15-6-8-16(25-3)9-7-15/h4-9,12H,10-11H2,1-3H3,(H,22,23)(H2,20,21,24). The summed E-state index contributed by atoms with van der Waals surface area (Å²) in [6, 6.07) is 12.5. The molecule has 3 amide bonds. The number of hydrogen-bond acceptors (Lipinski definition) is 3. The van der Waals surface area contributed by atoms with E-state index in [2.05, 4.69) is 16.0 Å². The summed E-state index contributed by atoms with van der Waals surface area (Å²) >= 11 is 0. The minimum Gasteiger partial charge on any atom is -0.497 e. The smallest absolute Gasteiger partial charge is 0.319 e. The number of nitrogens with one attached hydrogen (secondary N) is 3. The molecule has 0 saturated carbocycles. The normalized spacial score (nSPS) is 10.0. The molecule has 25 heavy (non-hydrogen) atoms. The molecule has 132 valence electrons. The molecule has 0 unspecified atom stereocenters. The number of anilines is 2. The Hall–Kier alpha value is -3.02. The van der Waals surface area contributed by atoms with E-state index < -0.39 is 0 Å². The molecule has 0 aliphatic heterocycles. The SMILES string of the molecule is COc1ccc(NC(=O)NCCC(=O)Nc2cc(C)ccc2C)cc1. The average Bonchev–Trinajstić information content (AvgIpc) is 2.59. The average molecular weight is 341 g/mol. The molecule has 2 aromatic rings. The molecule has 6 heteroatoms. The van der Waals surface area contributed by atoms with Gasteiger partial charge in [-0.1, -0.05) is 12.1 Å². The van der Waals surface area contributed by atoms with Crippen LogP contribution >= 0.6 is 0 Å². The van der Waals surface area contributed by atoms with E-state index in [4.69, 9.17) is 4.74 Å². The van der Waals surface area contributed by atoms with Crippen molar-refractivity contribution in [3.63, 3.8) is 0 Å². The van der Waals surface area contributed by atoms with Crippen molar-refractivity contribution in [2.45, 2.75) is 20.3 Å². The Morgan fingerprint density at radius 2 is 1.72 bits per heavy atom. The van der Waals surface area contributed by atoms with Crippen molar-refractivity contribution >= 4 is 23.3 Å². The van der Waals surface area contributed by atoms with E-state index in [9.17, 15) is 9.59 Å². The van der Waals surface area contributed by atoms with Gasteiger partial charge in [-0.3, -0.25) is 4.79 Å². The fourth-order valence-electron chi connectivity index (χ4n) is 2.22. The van der Waals surface area contributed by atoms with Gasteiger partial charge in [0.15, 0.2) is 0 Å². The highest BCUT2D eigenvalue weighted by Gasteiger charge is 2.07. The molecular formula is C19H23N3O3. The second kappa shape index (κ2) is 8.73. The summed E-state index contributed by atoms with van der Waals surface area (Å²) in [4.78, 5) is 23.8. The van der Waals surface area contributed by atoms with Gasteiger partial charge in [-0.15, -0.1) is 0 Å². The summed E-state index contributed by atoms with van der Waals surface area (Å²) in [5, 5.41) is 8.22. The first-order chi connectivity index (χ1) is 12.0. The van der Waals surface area contributed by atoms with E-state index in [0.717, 1.165) is 16.8 Å². The molecule has 0 saturated heterocycles. The molecule has 0 aliphatic carbocycles. The molecule has 0 radical (unpaired) electrons. The van der Waals surface area contributed by atoms with Gasteiger partial charge >= 0.3 is 6.03 Å². The first-order valence-corrected chi connectivity index (χ1v) is 8.04. The second-order valence-corrected chi connectivity index (χ2v) is 5.73. The third-order valence-corrected chi connectivity index (χ3v) is 3.65. The van der Waals surface area contributed by atoms with Gasteiger partial charge in [0.25, 0.3) is 0 Å². The third kappa shape index (κ3) is 5.84. The predicted octanol–water partition coefficient (Wildman–Crippen LogP) is 3.46. The number of carbonyl (C=O) groups is 2. The Kier molecular flexibility index (Phi) is 6.39. The maximum Gasteiger partial charge on any atom is 0.319 e. The number of benzene rings is 2. The minimum atomic E-state index is -0.357. The Labute approximate surface area is 147 Å². The summed E-state index contributed by atoms with van der Waals surface area (Å²) in [6.45, 7) is 4.16. The molecule has 0 aliphatic rings.